The second kappa shape index (κ2) is 6.49. The number of nitrogens with zero attached hydrogens (tertiary/aromatic N) is 1. The number of terminal acetylenes is 1. The molecule has 0 radical (unpaired) electrons. The highest BCUT2D eigenvalue weighted by Crippen LogP contribution is 2.50. The van der Waals surface area contributed by atoms with Crippen LogP contribution in [0.5, 0.6) is 0 Å². The molecule has 1 unspecified atom stereocenters. The number of para-hydroxylation sites is 1. The maximum atomic E-state index is 14.0. The number of primary amides is 1. The molecule has 132 valence electrons. The maximum Gasteiger partial charge on any atom is 0.249 e. The van der Waals surface area contributed by atoms with E-state index in [9.17, 15) is 9.18 Å². The highest BCUT2D eigenvalue weighted by Gasteiger charge is 2.34. The number of carbonyl (C=O) groups is 1. The van der Waals surface area contributed by atoms with Gasteiger partial charge in [0, 0.05) is 23.7 Å². The summed E-state index contributed by atoms with van der Waals surface area (Å²) in [4.78, 5) is 14.1. The SMILES string of the molecule is C#CCN1CCC(c2cc(F)ccc2C(N)=O)c2cccc(C3CC3)c21. The minimum atomic E-state index is -0.522. The normalized spacial score (nSPS) is 18.9. The molecule has 1 aliphatic heterocycles. The third-order valence-corrected chi connectivity index (χ3v) is 5.43. The lowest BCUT2D eigenvalue weighted by molar-refractivity contribution is 0.0999. The van der Waals surface area contributed by atoms with Crippen LogP contribution in [0.25, 0.3) is 0 Å². The van der Waals surface area contributed by atoms with Crippen molar-refractivity contribution in [3.63, 3.8) is 0 Å². The van der Waals surface area contributed by atoms with E-state index in [0.29, 0.717) is 23.6 Å². The summed E-state index contributed by atoms with van der Waals surface area (Å²) in [6, 6.07) is 10.5. The molecule has 1 saturated carbocycles. The standard InChI is InChI=1S/C22H21FN2O/c1-2-11-25-12-10-17(20-13-15(23)8-9-19(20)22(24)26)18-5-3-4-16(21(18)25)14-6-7-14/h1,3-5,8-9,13-14,17H,6-7,10-12H2,(H2,24,26). The number of rotatable bonds is 4. The minimum absolute atomic E-state index is 0.0593. The number of carbonyl (C=O) groups excluding carboxylic acids is 1. The molecule has 2 aliphatic rings. The molecular formula is C22H21FN2O. The number of benzene rings is 2. The Hall–Kier alpha value is -2.80. The zero-order chi connectivity index (χ0) is 18.3. The Labute approximate surface area is 153 Å². The molecule has 1 amide bonds. The number of halogens is 1. The van der Waals surface area contributed by atoms with Crippen molar-refractivity contribution in [2.24, 2.45) is 5.73 Å². The van der Waals surface area contributed by atoms with Gasteiger partial charge in [-0.25, -0.2) is 4.39 Å². The predicted octanol–water partition coefficient (Wildman–Crippen LogP) is 3.78. The molecule has 2 aromatic rings. The second-order valence-electron chi connectivity index (χ2n) is 7.12. The molecule has 2 aromatic carbocycles. The van der Waals surface area contributed by atoms with Crippen LogP contribution in [0.1, 0.15) is 58.1 Å². The molecule has 0 aromatic heterocycles. The van der Waals surface area contributed by atoms with E-state index in [1.165, 1.54) is 42.3 Å². The molecule has 0 spiro atoms. The summed E-state index contributed by atoms with van der Waals surface area (Å²) >= 11 is 0. The van der Waals surface area contributed by atoms with Crippen LogP contribution in [0.2, 0.25) is 0 Å². The highest BCUT2D eigenvalue weighted by atomic mass is 19.1. The molecule has 3 nitrogen and oxygen atoms in total. The van der Waals surface area contributed by atoms with Crippen molar-refractivity contribution in [2.45, 2.75) is 31.1 Å². The zero-order valence-electron chi connectivity index (χ0n) is 14.5. The Morgan fingerprint density at radius 1 is 1.19 bits per heavy atom. The molecule has 1 fully saturated rings. The summed E-state index contributed by atoms with van der Waals surface area (Å²) in [7, 11) is 0. The maximum absolute atomic E-state index is 14.0. The first-order chi connectivity index (χ1) is 12.6. The molecule has 4 rings (SSSR count). The van der Waals surface area contributed by atoms with Crippen molar-refractivity contribution in [1.82, 2.24) is 0 Å². The monoisotopic (exact) mass is 348 g/mol. The van der Waals surface area contributed by atoms with E-state index < -0.39 is 5.91 Å². The summed E-state index contributed by atoms with van der Waals surface area (Å²) in [6.45, 7) is 1.33. The Kier molecular flexibility index (Phi) is 4.16. The zero-order valence-corrected chi connectivity index (χ0v) is 14.5. The Morgan fingerprint density at radius 3 is 2.65 bits per heavy atom. The number of hydrogen-bond acceptors (Lipinski definition) is 2. The van der Waals surface area contributed by atoms with Gasteiger partial charge in [0.1, 0.15) is 5.82 Å². The van der Waals surface area contributed by atoms with E-state index in [-0.39, 0.29) is 11.7 Å². The molecule has 26 heavy (non-hydrogen) atoms. The van der Waals surface area contributed by atoms with Crippen molar-refractivity contribution >= 4 is 11.6 Å². The van der Waals surface area contributed by atoms with Gasteiger partial charge in [0.25, 0.3) is 0 Å². The van der Waals surface area contributed by atoms with Gasteiger partial charge in [-0.05, 0) is 60.1 Å². The van der Waals surface area contributed by atoms with Crippen LogP contribution in [0, 0.1) is 18.2 Å². The van der Waals surface area contributed by atoms with Crippen LogP contribution in [0.4, 0.5) is 10.1 Å². The van der Waals surface area contributed by atoms with Gasteiger partial charge in [-0.2, -0.15) is 0 Å². The van der Waals surface area contributed by atoms with E-state index in [2.05, 4.69) is 29.0 Å². The molecule has 1 aliphatic carbocycles. The molecule has 2 N–H and O–H groups in total. The smallest absolute Gasteiger partial charge is 0.249 e. The first kappa shape index (κ1) is 16.7. The number of hydrogen-bond donors (Lipinski definition) is 1. The topological polar surface area (TPSA) is 46.3 Å². The molecule has 4 heteroatoms. The molecule has 0 bridgehead atoms. The lowest BCUT2D eigenvalue weighted by Gasteiger charge is -2.37. The van der Waals surface area contributed by atoms with Gasteiger partial charge in [-0.3, -0.25) is 4.79 Å². The van der Waals surface area contributed by atoms with Crippen molar-refractivity contribution in [3.8, 4) is 12.3 Å². The number of fused-ring (bicyclic) bond motifs is 1. The fraction of sp³-hybridized carbons (Fsp3) is 0.318. The summed E-state index contributed by atoms with van der Waals surface area (Å²) < 4.78 is 14.0. The van der Waals surface area contributed by atoms with E-state index in [1.807, 2.05) is 0 Å². The fourth-order valence-corrected chi connectivity index (χ4v) is 4.14. The minimum Gasteiger partial charge on any atom is -0.366 e. The van der Waals surface area contributed by atoms with E-state index >= 15 is 0 Å². The second-order valence-corrected chi connectivity index (χ2v) is 7.12. The molecular weight excluding hydrogens is 327 g/mol. The average molecular weight is 348 g/mol. The van der Waals surface area contributed by atoms with Gasteiger partial charge in [0.15, 0.2) is 0 Å². The van der Waals surface area contributed by atoms with Gasteiger partial charge >= 0.3 is 0 Å². The van der Waals surface area contributed by atoms with Gasteiger partial charge in [-0.1, -0.05) is 24.1 Å². The number of anilines is 1. The quantitative estimate of drug-likeness (QED) is 0.855. The first-order valence-electron chi connectivity index (χ1n) is 9.00. The van der Waals surface area contributed by atoms with Gasteiger partial charge in [0.2, 0.25) is 5.91 Å². The van der Waals surface area contributed by atoms with Crippen molar-refractivity contribution in [2.75, 3.05) is 18.0 Å². The first-order valence-corrected chi connectivity index (χ1v) is 9.00. The van der Waals surface area contributed by atoms with Gasteiger partial charge in [-0.15, -0.1) is 6.42 Å². The van der Waals surface area contributed by atoms with Crippen LogP contribution in [0.3, 0.4) is 0 Å². The molecule has 0 saturated heterocycles. The fourth-order valence-electron chi connectivity index (χ4n) is 4.14. The van der Waals surface area contributed by atoms with Crippen LogP contribution in [-0.4, -0.2) is 19.0 Å². The van der Waals surface area contributed by atoms with E-state index in [1.54, 1.807) is 0 Å². The number of nitrogens with two attached hydrogens (primary N) is 1. The van der Waals surface area contributed by atoms with Crippen molar-refractivity contribution < 1.29 is 9.18 Å². The molecule has 1 heterocycles. The van der Waals surface area contributed by atoms with E-state index in [4.69, 9.17) is 12.2 Å². The lowest BCUT2D eigenvalue weighted by atomic mass is 9.80. The average Bonchev–Trinajstić information content (AvgIpc) is 3.46. The predicted molar refractivity (Wildman–Crippen MR) is 101 cm³/mol. The van der Waals surface area contributed by atoms with Crippen molar-refractivity contribution in [1.29, 1.82) is 0 Å². The van der Waals surface area contributed by atoms with Crippen LogP contribution < -0.4 is 10.6 Å². The third kappa shape index (κ3) is 2.84. The third-order valence-electron chi connectivity index (χ3n) is 5.43. The highest BCUT2D eigenvalue weighted by molar-refractivity contribution is 5.94. The molecule has 1 atom stereocenters. The Morgan fingerprint density at radius 2 is 1.96 bits per heavy atom. The van der Waals surface area contributed by atoms with Gasteiger partial charge in [0.05, 0.1) is 6.54 Å². The number of amides is 1. The summed E-state index contributed by atoms with van der Waals surface area (Å²) in [6.07, 6.45) is 8.74. The summed E-state index contributed by atoms with van der Waals surface area (Å²) in [5, 5.41) is 0. The lowest BCUT2D eigenvalue weighted by Crippen LogP contribution is -2.33. The van der Waals surface area contributed by atoms with Crippen LogP contribution in [-0.2, 0) is 0 Å². The van der Waals surface area contributed by atoms with Gasteiger partial charge < -0.3 is 10.6 Å². The van der Waals surface area contributed by atoms with Crippen molar-refractivity contribution in [3.05, 3.63) is 64.5 Å². The largest absolute Gasteiger partial charge is 0.366 e. The summed E-state index contributed by atoms with van der Waals surface area (Å²) in [5.41, 5.74) is 10.2. The Balaban J connectivity index is 1.88. The Bertz CT molecular complexity index is 911. The van der Waals surface area contributed by atoms with Crippen LogP contribution >= 0.6 is 0 Å². The summed E-state index contributed by atoms with van der Waals surface area (Å²) in [5.74, 6) is 2.39. The van der Waals surface area contributed by atoms with Crippen LogP contribution in [0.15, 0.2) is 36.4 Å². The van der Waals surface area contributed by atoms with E-state index in [0.717, 1.165) is 18.5 Å².